The molecule has 0 heterocycles. The van der Waals surface area contributed by atoms with E-state index in [1.165, 1.54) is 0 Å². The van der Waals surface area contributed by atoms with E-state index in [0.29, 0.717) is 13.0 Å². The Morgan fingerprint density at radius 1 is 1.57 bits per heavy atom. The number of carboxylic acid groups (broad SMARTS) is 1. The Morgan fingerprint density at radius 3 is 2.50 bits per heavy atom. The fourth-order valence-corrected chi connectivity index (χ4v) is 1.39. The molecule has 1 atom stereocenters. The van der Waals surface area contributed by atoms with E-state index >= 15 is 0 Å². The molecule has 0 radical (unpaired) electrons. The van der Waals surface area contributed by atoms with E-state index in [2.05, 4.69) is 5.32 Å². The normalized spacial score (nSPS) is 14.0. The van der Waals surface area contributed by atoms with Crippen molar-refractivity contribution in [3.8, 4) is 0 Å². The molecule has 3 N–H and O–H groups in total. The van der Waals surface area contributed by atoms with E-state index in [-0.39, 0.29) is 0 Å². The van der Waals surface area contributed by atoms with Crippen LogP contribution in [0.4, 0.5) is 0 Å². The topological polar surface area (TPSA) is 69.6 Å². The van der Waals surface area contributed by atoms with Gasteiger partial charge in [-0.2, -0.15) is 11.8 Å². The minimum absolute atomic E-state index is 0.290. The minimum Gasteiger partial charge on any atom is -0.480 e. The third-order valence-electron chi connectivity index (χ3n) is 1.69. The van der Waals surface area contributed by atoms with Gasteiger partial charge in [0.05, 0.1) is 5.60 Å². The lowest BCUT2D eigenvalue weighted by Crippen LogP contribution is -2.44. The van der Waals surface area contributed by atoms with Gasteiger partial charge in [0.15, 0.2) is 0 Å². The molecule has 0 aliphatic rings. The maximum atomic E-state index is 10.8. The molecule has 0 spiro atoms. The molecule has 0 rings (SSSR count). The SMILES string of the molecule is CSCC[C@H](NCC(C)(C)O)C(=O)O. The number of rotatable bonds is 7. The van der Waals surface area contributed by atoms with Gasteiger partial charge in [-0.3, -0.25) is 4.79 Å². The summed E-state index contributed by atoms with van der Waals surface area (Å²) in [6.45, 7) is 3.58. The van der Waals surface area contributed by atoms with Crippen LogP contribution in [0.5, 0.6) is 0 Å². The molecule has 0 unspecified atom stereocenters. The second-order valence-corrected chi connectivity index (χ2v) is 4.85. The van der Waals surface area contributed by atoms with Gasteiger partial charge in [-0.05, 0) is 32.3 Å². The van der Waals surface area contributed by atoms with Crippen LogP contribution in [0.15, 0.2) is 0 Å². The van der Waals surface area contributed by atoms with E-state index < -0.39 is 17.6 Å². The number of thioether (sulfide) groups is 1. The van der Waals surface area contributed by atoms with Crippen LogP contribution in [0.25, 0.3) is 0 Å². The molecule has 0 aliphatic carbocycles. The Kier molecular flexibility index (Phi) is 6.15. The first-order valence-corrected chi connectivity index (χ1v) is 5.93. The van der Waals surface area contributed by atoms with Gasteiger partial charge >= 0.3 is 5.97 Å². The summed E-state index contributed by atoms with van der Waals surface area (Å²) in [7, 11) is 0. The highest BCUT2D eigenvalue weighted by Crippen LogP contribution is 2.03. The lowest BCUT2D eigenvalue weighted by molar-refractivity contribution is -0.139. The zero-order valence-electron chi connectivity index (χ0n) is 8.91. The highest BCUT2D eigenvalue weighted by Gasteiger charge is 2.20. The lowest BCUT2D eigenvalue weighted by Gasteiger charge is -2.21. The molecule has 4 nitrogen and oxygen atoms in total. The molecule has 0 aromatic heterocycles. The fraction of sp³-hybridized carbons (Fsp3) is 0.889. The van der Waals surface area contributed by atoms with Gasteiger partial charge in [-0.15, -0.1) is 0 Å². The Morgan fingerprint density at radius 2 is 2.14 bits per heavy atom. The molecule has 0 aromatic rings. The Balaban J connectivity index is 3.91. The van der Waals surface area contributed by atoms with Crippen LogP contribution in [0.3, 0.4) is 0 Å². The van der Waals surface area contributed by atoms with Crippen molar-refractivity contribution in [1.29, 1.82) is 0 Å². The Hall–Kier alpha value is -0.260. The van der Waals surface area contributed by atoms with Gasteiger partial charge in [0, 0.05) is 6.54 Å². The number of carbonyl (C=O) groups is 1. The van der Waals surface area contributed by atoms with Crippen molar-refractivity contribution in [1.82, 2.24) is 5.32 Å². The van der Waals surface area contributed by atoms with E-state index in [9.17, 15) is 9.90 Å². The molecule has 0 saturated carbocycles. The van der Waals surface area contributed by atoms with Crippen LogP contribution in [0.2, 0.25) is 0 Å². The van der Waals surface area contributed by atoms with Crippen LogP contribution in [0, 0.1) is 0 Å². The van der Waals surface area contributed by atoms with Crippen molar-refractivity contribution in [3.05, 3.63) is 0 Å². The van der Waals surface area contributed by atoms with Gasteiger partial charge in [-0.1, -0.05) is 0 Å². The van der Waals surface area contributed by atoms with Crippen molar-refractivity contribution in [2.75, 3.05) is 18.6 Å². The number of aliphatic hydroxyl groups is 1. The van der Waals surface area contributed by atoms with Crippen molar-refractivity contribution in [2.24, 2.45) is 0 Å². The fourth-order valence-electron chi connectivity index (χ4n) is 0.922. The second kappa shape index (κ2) is 6.27. The summed E-state index contributed by atoms with van der Waals surface area (Å²) in [5.74, 6) is -0.0566. The zero-order chi connectivity index (χ0) is 11.2. The van der Waals surface area contributed by atoms with Gasteiger partial charge < -0.3 is 15.5 Å². The van der Waals surface area contributed by atoms with E-state index in [1.807, 2.05) is 6.26 Å². The van der Waals surface area contributed by atoms with Gasteiger partial charge in [0.25, 0.3) is 0 Å². The zero-order valence-corrected chi connectivity index (χ0v) is 9.73. The first-order valence-electron chi connectivity index (χ1n) is 4.54. The molecule has 5 heteroatoms. The summed E-state index contributed by atoms with van der Waals surface area (Å²) in [5, 5.41) is 21.1. The number of hydrogen-bond acceptors (Lipinski definition) is 4. The smallest absolute Gasteiger partial charge is 0.320 e. The van der Waals surface area contributed by atoms with Gasteiger partial charge in [0.1, 0.15) is 6.04 Å². The molecule has 14 heavy (non-hydrogen) atoms. The number of aliphatic carboxylic acids is 1. The van der Waals surface area contributed by atoms with E-state index in [1.54, 1.807) is 25.6 Å². The summed E-state index contributed by atoms with van der Waals surface area (Å²) >= 11 is 1.61. The standard InChI is InChI=1S/C9H19NO3S/c1-9(2,13)6-10-7(8(11)12)4-5-14-3/h7,10,13H,4-6H2,1-3H3,(H,11,12)/t7-/m0/s1. The third kappa shape index (κ3) is 7.17. The average molecular weight is 221 g/mol. The van der Waals surface area contributed by atoms with Crippen molar-refractivity contribution >= 4 is 17.7 Å². The molecule has 0 saturated heterocycles. The van der Waals surface area contributed by atoms with Crippen LogP contribution >= 0.6 is 11.8 Å². The molecular weight excluding hydrogens is 202 g/mol. The summed E-state index contributed by atoms with van der Waals surface area (Å²) in [4.78, 5) is 10.8. The quantitative estimate of drug-likeness (QED) is 0.586. The first kappa shape index (κ1) is 13.7. The monoisotopic (exact) mass is 221 g/mol. The third-order valence-corrected chi connectivity index (χ3v) is 2.33. The highest BCUT2D eigenvalue weighted by molar-refractivity contribution is 7.98. The number of carboxylic acids is 1. The van der Waals surface area contributed by atoms with Gasteiger partial charge in [0.2, 0.25) is 0 Å². The first-order chi connectivity index (χ1) is 6.37. The lowest BCUT2D eigenvalue weighted by atomic mass is 10.1. The maximum Gasteiger partial charge on any atom is 0.320 e. The van der Waals surface area contributed by atoms with E-state index in [4.69, 9.17) is 5.11 Å². The second-order valence-electron chi connectivity index (χ2n) is 3.87. The summed E-state index contributed by atoms with van der Waals surface area (Å²) in [6.07, 6.45) is 2.52. The van der Waals surface area contributed by atoms with Crippen LogP contribution < -0.4 is 5.32 Å². The van der Waals surface area contributed by atoms with E-state index in [0.717, 1.165) is 5.75 Å². The molecule has 0 bridgehead atoms. The highest BCUT2D eigenvalue weighted by atomic mass is 32.2. The predicted molar refractivity (Wildman–Crippen MR) is 58.7 cm³/mol. The number of nitrogens with one attached hydrogen (secondary N) is 1. The summed E-state index contributed by atoms with van der Waals surface area (Å²) < 4.78 is 0. The maximum absolute atomic E-state index is 10.8. The molecule has 0 aliphatic heterocycles. The van der Waals surface area contributed by atoms with Crippen LogP contribution in [-0.2, 0) is 4.79 Å². The van der Waals surface area contributed by atoms with Crippen LogP contribution in [-0.4, -0.2) is 46.4 Å². The minimum atomic E-state index is -0.868. The summed E-state index contributed by atoms with van der Waals surface area (Å²) in [6, 6.07) is -0.561. The van der Waals surface area contributed by atoms with Crippen molar-refractivity contribution in [2.45, 2.75) is 31.9 Å². The molecular formula is C9H19NO3S. The van der Waals surface area contributed by atoms with Crippen molar-refractivity contribution < 1.29 is 15.0 Å². The predicted octanol–water partition coefficient (Wildman–Crippen LogP) is 0.553. The average Bonchev–Trinajstić information content (AvgIpc) is 2.01. The largest absolute Gasteiger partial charge is 0.480 e. The molecule has 0 fully saturated rings. The molecule has 84 valence electrons. The summed E-state index contributed by atoms with van der Waals surface area (Å²) in [5.41, 5.74) is -0.868. The van der Waals surface area contributed by atoms with Gasteiger partial charge in [-0.25, -0.2) is 0 Å². The Bertz CT molecular complexity index is 179. The Labute approximate surface area is 89.1 Å². The molecule has 0 aromatic carbocycles. The van der Waals surface area contributed by atoms with Crippen LogP contribution in [0.1, 0.15) is 20.3 Å². The van der Waals surface area contributed by atoms with Crippen molar-refractivity contribution in [3.63, 3.8) is 0 Å². The number of hydrogen-bond donors (Lipinski definition) is 3. The molecule has 0 amide bonds.